The van der Waals surface area contributed by atoms with Gasteiger partial charge in [0.15, 0.2) is 5.84 Å². The third kappa shape index (κ3) is 6.65. The molecule has 3 aromatic carbocycles. The summed E-state index contributed by atoms with van der Waals surface area (Å²) in [6, 6.07) is 20.7. The lowest BCUT2D eigenvalue weighted by molar-refractivity contribution is -0.113. The standard InChI is InChI=1S/C34H37FN6O3/c1-23(36)32-33(37-2)41(29-11-6-10-28(21-29)39(4)31(42)12-7-19-38(3)26-13-14-26)34(43)40(32)27-15-17-30(18-16-27)44-22-24-8-5-9-25(35)20-24/h5-12,15-18,20-21,26H,13-14,19,22,36H2,1-4H3/b12-7+,32-23-,37-33+. The molecule has 5 rings (SSSR count). The maximum absolute atomic E-state index is 14.0. The SMILES string of the molecule is C/N=C1\C(=C(/C)N)N(c2ccc(OCc3cccc(F)c3)cc2)C(=O)N1c1cccc(N(C)C(=O)/C=C/CN(C)C2CC2)c1. The number of allylic oxidation sites excluding steroid dienone is 1. The fourth-order valence-corrected chi connectivity index (χ4v) is 5.07. The summed E-state index contributed by atoms with van der Waals surface area (Å²) in [6.07, 6.45) is 5.87. The second kappa shape index (κ2) is 13.1. The predicted molar refractivity (Wildman–Crippen MR) is 172 cm³/mol. The molecule has 0 spiro atoms. The number of ether oxygens (including phenoxy) is 1. The summed E-state index contributed by atoms with van der Waals surface area (Å²) in [6.45, 7) is 2.64. The summed E-state index contributed by atoms with van der Waals surface area (Å²) in [7, 11) is 5.37. The lowest BCUT2D eigenvalue weighted by Crippen LogP contribution is -2.33. The van der Waals surface area contributed by atoms with E-state index < -0.39 is 0 Å². The maximum Gasteiger partial charge on any atom is 0.339 e. The normalized spacial score (nSPS) is 17.2. The number of nitrogens with zero attached hydrogens (tertiary/aromatic N) is 5. The van der Waals surface area contributed by atoms with Crippen LogP contribution < -0.4 is 25.2 Å². The van der Waals surface area contributed by atoms with Gasteiger partial charge in [-0.2, -0.15) is 0 Å². The summed E-state index contributed by atoms with van der Waals surface area (Å²) in [4.78, 5) is 38.2. The lowest BCUT2D eigenvalue weighted by atomic mass is 10.2. The molecule has 0 unspecified atom stereocenters. The van der Waals surface area contributed by atoms with Gasteiger partial charge in [-0.3, -0.25) is 19.6 Å². The average Bonchev–Trinajstić information content (AvgIpc) is 3.83. The summed E-state index contributed by atoms with van der Waals surface area (Å²) in [5.41, 5.74) is 9.64. The molecule has 10 heteroatoms. The Morgan fingerprint density at radius 2 is 1.77 bits per heavy atom. The molecule has 2 N–H and O–H groups in total. The third-order valence-electron chi connectivity index (χ3n) is 7.63. The molecule has 228 valence electrons. The molecular formula is C34H37FN6O3. The van der Waals surface area contributed by atoms with Crippen molar-refractivity contribution in [3.05, 3.63) is 108 Å². The van der Waals surface area contributed by atoms with Crippen LogP contribution in [0, 0.1) is 5.82 Å². The highest BCUT2D eigenvalue weighted by Gasteiger charge is 2.42. The molecule has 1 saturated carbocycles. The number of rotatable bonds is 10. The van der Waals surface area contributed by atoms with Crippen LogP contribution in [0.2, 0.25) is 0 Å². The molecule has 0 radical (unpaired) electrons. The minimum atomic E-state index is -0.368. The summed E-state index contributed by atoms with van der Waals surface area (Å²) < 4.78 is 19.3. The highest BCUT2D eigenvalue weighted by molar-refractivity contribution is 6.36. The number of amides is 3. The quantitative estimate of drug-likeness (QED) is 0.304. The zero-order chi connectivity index (χ0) is 31.4. The van der Waals surface area contributed by atoms with Gasteiger partial charge in [-0.1, -0.05) is 24.3 Å². The van der Waals surface area contributed by atoms with Crippen LogP contribution in [-0.2, 0) is 11.4 Å². The molecule has 1 saturated heterocycles. The maximum atomic E-state index is 14.0. The molecule has 1 heterocycles. The van der Waals surface area contributed by atoms with Crippen LogP contribution in [-0.4, -0.2) is 56.4 Å². The summed E-state index contributed by atoms with van der Waals surface area (Å²) in [5, 5.41) is 0. The van der Waals surface area contributed by atoms with Gasteiger partial charge in [0, 0.05) is 44.1 Å². The van der Waals surface area contributed by atoms with Gasteiger partial charge in [0.05, 0.1) is 11.4 Å². The first-order chi connectivity index (χ1) is 21.2. The molecule has 1 aliphatic heterocycles. The Morgan fingerprint density at radius 1 is 1.05 bits per heavy atom. The Balaban J connectivity index is 1.35. The van der Waals surface area contributed by atoms with E-state index in [1.807, 2.05) is 12.1 Å². The van der Waals surface area contributed by atoms with Crippen molar-refractivity contribution in [2.75, 3.05) is 42.4 Å². The van der Waals surface area contributed by atoms with E-state index in [1.54, 1.807) is 86.6 Å². The van der Waals surface area contributed by atoms with Gasteiger partial charge in [-0.05, 0) is 87.0 Å². The Labute approximate surface area is 257 Å². The highest BCUT2D eigenvalue weighted by Crippen LogP contribution is 2.36. The molecule has 44 heavy (non-hydrogen) atoms. The van der Waals surface area contributed by atoms with E-state index in [-0.39, 0.29) is 24.4 Å². The Bertz CT molecular complexity index is 1630. The third-order valence-corrected chi connectivity index (χ3v) is 7.63. The second-order valence-corrected chi connectivity index (χ2v) is 10.9. The molecule has 0 bridgehead atoms. The predicted octanol–water partition coefficient (Wildman–Crippen LogP) is 5.68. The summed E-state index contributed by atoms with van der Waals surface area (Å²) in [5.74, 6) is 0.463. The van der Waals surface area contributed by atoms with Crippen LogP contribution in [0.25, 0.3) is 0 Å². The fraction of sp³-hybridized carbons (Fsp3) is 0.265. The minimum absolute atomic E-state index is 0.164. The first-order valence-corrected chi connectivity index (χ1v) is 14.5. The molecular weight excluding hydrogens is 559 g/mol. The number of hydrogen-bond acceptors (Lipinski definition) is 6. The van der Waals surface area contributed by atoms with Gasteiger partial charge >= 0.3 is 6.03 Å². The van der Waals surface area contributed by atoms with Crippen molar-refractivity contribution in [2.45, 2.75) is 32.4 Å². The van der Waals surface area contributed by atoms with E-state index in [4.69, 9.17) is 10.5 Å². The Morgan fingerprint density at radius 3 is 2.43 bits per heavy atom. The molecule has 0 aromatic heterocycles. The number of carbonyl (C=O) groups is 2. The van der Waals surface area contributed by atoms with Crippen molar-refractivity contribution < 1.29 is 18.7 Å². The number of carbonyl (C=O) groups excluding carboxylic acids is 2. The van der Waals surface area contributed by atoms with Crippen LogP contribution in [0.4, 0.5) is 26.2 Å². The average molecular weight is 597 g/mol. The van der Waals surface area contributed by atoms with Crippen LogP contribution in [0.15, 0.2) is 101 Å². The van der Waals surface area contributed by atoms with E-state index in [1.165, 1.54) is 34.8 Å². The van der Waals surface area contributed by atoms with Crippen LogP contribution in [0.3, 0.4) is 0 Å². The number of anilines is 3. The van der Waals surface area contributed by atoms with Crippen molar-refractivity contribution in [3.63, 3.8) is 0 Å². The van der Waals surface area contributed by atoms with Gasteiger partial charge in [0.1, 0.15) is 23.9 Å². The number of benzene rings is 3. The number of urea groups is 1. The lowest BCUT2D eigenvalue weighted by Gasteiger charge is -2.21. The van der Waals surface area contributed by atoms with Crippen LogP contribution in [0.5, 0.6) is 5.75 Å². The van der Waals surface area contributed by atoms with Crippen LogP contribution in [0.1, 0.15) is 25.3 Å². The van der Waals surface area contributed by atoms with E-state index in [0.29, 0.717) is 58.2 Å². The van der Waals surface area contributed by atoms with Crippen molar-refractivity contribution in [1.29, 1.82) is 0 Å². The van der Waals surface area contributed by atoms with E-state index >= 15 is 0 Å². The first kappa shape index (κ1) is 30.5. The van der Waals surface area contributed by atoms with Gasteiger partial charge < -0.3 is 15.4 Å². The zero-order valence-electron chi connectivity index (χ0n) is 25.4. The minimum Gasteiger partial charge on any atom is -0.489 e. The molecule has 2 aliphatic rings. The molecule has 1 aliphatic carbocycles. The first-order valence-electron chi connectivity index (χ1n) is 14.5. The van der Waals surface area contributed by atoms with Gasteiger partial charge in [-0.15, -0.1) is 0 Å². The molecule has 2 fully saturated rings. The zero-order valence-corrected chi connectivity index (χ0v) is 25.4. The summed E-state index contributed by atoms with van der Waals surface area (Å²) >= 11 is 0. The Kier molecular flexibility index (Phi) is 9.10. The smallest absolute Gasteiger partial charge is 0.339 e. The van der Waals surface area contributed by atoms with E-state index in [2.05, 4.69) is 16.9 Å². The highest BCUT2D eigenvalue weighted by atomic mass is 19.1. The fourth-order valence-electron chi connectivity index (χ4n) is 5.07. The number of nitrogens with two attached hydrogens (primary N) is 1. The number of hydrogen-bond donors (Lipinski definition) is 1. The molecule has 0 atom stereocenters. The van der Waals surface area contributed by atoms with Gasteiger partial charge in [0.2, 0.25) is 5.91 Å². The number of likely N-dealkylation sites (N-methyl/N-ethyl adjacent to an activating group) is 2. The van der Waals surface area contributed by atoms with Crippen molar-refractivity contribution in [2.24, 2.45) is 10.7 Å². The second-order valence-electron chi connectivity index (χ2n) is 10.9. The van der Waals surface area contributed by atoms with E-state index in [0.717, 1.165) is 0 Å². The van der Waals surface area contributed by atoms with Gasteiger partial charge in [0.25, 0.3) is 0 Å². The number of aliphatic imine (C=N–C) groups is 1. The molecule has 3 amide bonds. The largest absolute Gasteiger partial charge is 0.489 e. The van der Waals surface area contributed by atoms with Crippen LogP contribution >= 0.6 is 0 Å². The van der Waals surface area contributed by atoms with Crippen molar-refractivity contribution >= 4 is 34.8 Å². The van der Waals surface area contributed by atoms with E-state index in [9.17, 15) is 14.0 Å². The van der Waals surface area contributed by atoms with Gasteiger partial charge in [-0.25, -0.2) is 14.1 Å². The van der Waals surface area contributed by atoms with Crippen molar-refractivity contribution in [3.8, 4) is 5.75 Å². The monoisotopic (exact) mass is 596 g/mol. The molecule has 9 nitrogen and oxygen atoms in total. The number of amidine groups is 1. The Hall–Kier alpha value is -4.96. The molecule has 3 aromatic rings. The topological polar surface area (TPSA) is 94.7 Å². The van der Waals surface area contributed by atoms with Crippen molar-refractivity contribution in [1.82, 2.24) is 4.90 Å². The number of halogens is 1.